The van der Waals surface area contributed by atoms with Crippen molar-refractivity contribution in [2.75, 3.05) is 13.4 Å². The number of nitrogens with one attached hydrogen (secondary N) is 1. The molecule has 1 fully saturated rings. The van der Waals surface area contributed by atoms with E-state index in [2.05, 4.69) is 4.74 Å². The van der Waals surface area contributed by atoms with Crippen molar-refractivity contribution in [3.8, 4) is 11.5 Å². The summed E-state index contributed by atoms with van der Waals surface area (Å²) in [4.78, 5) is 24.6. The van der Waals surface area contributed by atoms with Gasteiger partial charge in [0.2, 0.25) is 6.79 Å². The second-order valence-corrected chi connectivity index (χ2v) is 5.12. The zero-order valence-electron chi connectivity index (χ0n) is 12.5. The molecule has 1 N–H and O–H groups in total. The lowest BCUT2D eigenvalue weighted by Crippen LogP contribution is -2.60. The van der Waals surface area contributed by atoms with Crippen molar-refractivity contribution in [1.82, 2.24) is 10.2 Å². The zero-order valence-corrected chi connectivity index (χ0v) is 12.5. The van der Waals surface area contributed by atoms with Gasteiger partial charge in [0.15, 0.2) is 11.5 Å². The largest absolute Gasteiger partial charge is 0.454 e. The summed E-state index contributed by atoms with van der Waals surface area (Å²) < 4.78 is 54.8. The number of urea groups is 1. The molecule has 2 aliphatic heterocycles. The van der Waals surface area contributed by atoms with E-state index < -0.39 is 30.4 Å². The third-order valence-electron chi connectivity index (χ3n) is 3.61. The van der Waals surface area contributed by atoms with E-state index in [1.165, 1.54) is 19.1 Å². The topological polar surface area (TPSA) is 77.1 Å². The van der Waals surface area contributed by atoms with Crippen LogP contribution < -0.4 is 14.8 Å². The maximum Gasteiger partial charge on any atom is 0.446 e. The van der Waals surface area contributed by atoms with E-state index in [0.29, 0.717) is 22.0 Å². The first-order chi connectivity index (χ1) is 11.3. The molecule has 2 aliphatic rings. The number of carbonyl (C=O) groups is 2. The number of rotatable bonds is 4. The van der Waals surface area contributed by atoms with E-state index in [1.54, 1.807) is 11.4 Å². The molecule has 0 aromatic heterocycles. The Kier molecular flexibility index (Phi) is 3.78. The van der Waals surface area contributed by atoms with Gasteiger partial charge in [-0.1, -0.05) is 6.07 Å². The van der Waals surface area contributed by atoms with Crippen LogP contribution >= 0.6 is 0 Å². The molecule has 1 aromatic carbocycles. The summed E-state index contributed by atoms with van der Waals surface area (Å²) in [6, 6.07) is 3.40. The number of carbonyl (C=O) groups excluding carboxylic acids is 2. The lowest BCUT2D eigenvalue weighted by molar-refractivity contribution is -0.270. The summed E-state index contributed by atoms with van der Waals surface area (Å²) in [7, 11) is 0. The molecule has 7 nitrogen and oxygen atoms in total. The fraction of sp³-hybridized carbons (Fsp3) is 0.429. The van der Waals surface area contributed by atoms with Gasteiger partial charge in [-0.3, -0.25) is 15.0 Å². The van der Waals surface area contributed by atoms with Gasteiger partial charge >= 0.3 is 17.9 Å². The summed E-state index contributed by atoms with van der Waals surface area (Å²) in [6.45, 7) is 0.576. The molecular formula is C14H13F3N2O5. The molecule has 1 atom stereocenters. The minimum atomic E-state index is -5.08. The average molecular weight is 346 g/mol. The van der Waals surface area contributed by atoms with Crippen molar-refractivity contribution in [3.63, 3.8) is 0 Å². The number of fused-ring (bicyclic) bond motifs is 1. The van der Waals surface area contributed by atoms with Crippen LogP contribution in [0.3, 0.4) is 0 Å². The summed E-state index contributed by atoms with van der Waals surface area (Å²) >= 11 is 0. The molecule has 2 heterocycles. The molecule has 10 heteroatoms. The molecular weight excluding hydrogens is 333 g/mol. The lowest BCUT2D eigenvalue weighted by atomic mass is 10.1. The van der Waals surface area contributed by atoms with Gasteiger partial charge in [-0.2, -0.15) is 13.2 Å². The van der Waals surface area contributed by atoms with Gasteiger partial charge in [0.25, 0.3) is 5.91 Å². The van der Waals surface area contributed by atoms with Crippen molar-refractivity contribution in [3.05, 3.63) is 23.8 Å². The molecule has 0 saturated carbocycles. The van der Waals surface area contributed by atoms with E-state index in [1.807, 2.05) is 0 Å². The van der Waals surface area contributed by atoms with Crippen LogP contribution in [0.1, 0.15) is 12.5 Å². The quantitative estimate of drug-likeness (QED) is 0.841. The Morgan fingerprint density at radius 1 is 1.29 bits per heavy atom. The smallest absolute Gasteiger partial charge is 0.446 e. The SMILES string of the molecule is CCOC1(C(F)(F)F)NC(=O)N(Cc2ccc3c(c2)OCO3)C1=O. The number of benzene rings is 1. The van der Waals surface area contributed by atoms with Crippen LogP contribution in [0, 0.1) is 0 Å². The van der Waals surface area contributed by atoms with Crippen molar-refractivity contribution in [1.29, 1.82) is 0 Å². The molecule has 1 unspecified atom stereocenters. The van der Waals surface area contributed by atoms with Crippen LogP contribution in [0.25, 0.3) is 0 Å². The first-order valence-electron chi connectivity index (χ1n) is 7.02. The third kappa shape index (κ3) is 2.42. The summed E-state index contributed by atoms with van der Waals surface area (Å²) in [6.07, 6.45) is -5.08. The van der Waals surface area contributed by atoms with E-state index in [-0.39, 0.29) is 13.3 Å². The van der Waals surface area contributed by atoms with E-state index in [4.69, 9.17) is 9.47 Å². The lowest BCUT2D eigenvalue weighted by Gasteiger charge is -2.28. The molecule has 0 radical (unpaired) electrons. The first kappa shape index (κ1) is 16.4. The highest BCUT2D eigenvalue weighted by atomic mass is 19.4. The predicted molar refractivity (Wildman–Crippen MR) is 72.1 cm³/mol. The number of halogens is 3. The Hall–Kier alpha value is -2.49. The number of imide groups is 1. The minimum Gasteiger partial charge on any atom is -0.454 e. The molecule has 24 heavy (non-hydrogen) atoms. The second-order valence-electron chi connectivity index (χ2n) is 5.12. The molecule has 0 bridgehead atoms. The maximum atomic E-state index is 13.3. The van der Waals surface area contributed by atoms with Gasteiger partial charge in [0, 0.05) is 6.61 Å². The third-order valence-corrected chi connectivity index (χ3v) is 3.61. The van der Waals surface area contributed by atoms with Gasteiger partial charge in [-0.25, -0.2) is 4.79 Å². The normalized spacial score (nSPS) is 22.9. The maximum absolute atomic E-state index is 13.3. The van der Waals surface area contributed by atoms with Crippen LogP contribution in [-0.4, -0.2) is 42.1 Å². The van der Waals surface area contributed by atoms with Crippen molar-refractivity contribution in [2.24, 2.45) is 0 Å². The van der Waals surface area contributed by atoms with Crippen molar-refractivity contribution < 1.29 is 37.0 Å². The number of amides is 3. The monoisotopic (exact) mass is 346 g/mol. The van der Waals surface area contributed by atoms with E-state index >= 15 is 0 Å². The molecule has 130 valence electrons. The standard InChI is InChI=1S/C14H13F3N2O5/c1-2-24-13(14(15,16)17)11(20)19(12(21)18-13)6-8-3-4-9-10(5-8)23-7-22-9/h3-5H,2,6-7H2,1H3,(H,18,21). The van der Waals surface area contributed by atoms with Gasteiger partial charge in [-0.05, 0) is 24.6 Å². The Labute approximate surface area is 134 Å². The highest BCUT2D eigenvalue weighted by molar-refractivity contribution is 6.06. The van der Waals surface area contributed by atoms with Gasteiger partial charge in [0.05, 0.1) is 6.54 Å². The number of hydrogen-bond donors (Lipinski definition) is 1. The summed E-state index contributed by atoms with van der Waals surface area (Å²) in [5.74, 6) is -0.624. The van der Waals surface area contributed by atoms with Gasteiger partial charge in [-0.15, -0.1) is 0 Å². The second kappa shape index (κ2) is 5.55. The van der Waals surface area contributed by atoms with Crippen molar-refractivity contribution in [2.45, 2.75) is 25.4 Å². The molecule has 0 aliphatic carbocycles. The highest BCUT2D eigenvalue weighted by Crippen LogP contribution is 2.38. The molecule has 1 aromatic rings. The number of hydrogen-bond acceptors (Lipinski definition) is 5. The molecule has 3 amide bonds. The van der Waals surface area contributed by atoms with Gasteiger partial charge < -0.3 is 14.2 Å². The first-order valence-corrected chi connectivity index (χ1v) is 7.02. The Morgan fingerprint density at radius 3 is 2.67 bits per heavy atom. The van der Waals surface area contributed by atoms with Crippen LogP contribution in [-0.2, 0) is 16.1 Å². The number of nitrogens with zero attached hydrogens (tertiary/aromatic N) is 1. The molecule has 1 saturated heterocycles. The van der Waals surface area contributed by atoms with Crippen LogP contribution in [0.15, 0.2) is 18.2 Å². The molecule has 3 rings (SSSR count). The average Bonchev–Trinajstić information content (AvgIpc) is 3.05. The Morgan fingerprint density at radius 2 is 2.00 bits per heavy atom. The Balaban J connectivity index is 1.86. The van der Waals surface area contributed by atoms with Crippen molar-refractivity contribution >= 4 is 11.9 Å². The van der Waals surface area contributed by atoms with E-state index in [0.717, 1.165) is 0 Å². The Bertz CT molecular complexity index is 693. The predicted octanol–water partition coefficient (Wildman–Crippen LogP) is 1.76. The van der Waals surface area contributed by atoms with Gasteiger partial charge in [0.1, 0.15) is 0 Å². The van der Waals surface area contributed by atoms with Crippen LogP contribution in [0.2, 0.25) is 0 Å². The highest BCUT2D eigenvalue weighted by Gasteiger charge is 2.69. The van der Waals surface area contributed by atoms with E-state index in [9.17, 15) is 22.8 Å². The van der Waals surface area contributed by atoms with Crippen LogP contribution in [0.4, 0.5) is 18.0 Å². The summed E-state index contributed by atoms with van der Waals surface area (Å²) in [5, 5.41) is 1.61. The number of ether oxygens (including phenoxy) is 3. The minimum absolute atomic E-state index is 0.0312. The van der Waals surface area contributed by atoms with Crippen LogP contribution in [0.5, 0.6) is 11.5 Å². The zero-order chi connectivity index (χ0) is 17.5. The fourth-order valence-corrected chi connectivity index (χ4v) is 2.51. The summed E-state index contributed by atoms with van der Waals surface area (Å²) in [5.41, 5.74) is -2.94. The fourth-order valence-electron chi connectivity index (χ4n) is 2.51. The number of alkyl halides is 3. The molecule has 0 spiro atoms.